The van der Waals surface area contributed by atoms with Gasteiger partial charge in [-0.1, -0.05) is 46.6 Å². The summed E-state index contributed by atoms with van der Waals surface area (Å²) >= 11 is 5.34. The summed E-state index contributed by atoms with van der Waals surface area (Å²) in [7, 11) is 0. The molecule has 0 saturated carbocycles. The Morgan fingerprint density at radius 3 is 2.38 bits per heavy atom. The van der Waals surface area contributed by atoms with Gasteiger partial charge in [-0.25, -0.2) is 0 Å². The number of hydrogen-bond donors (Lipinski definition) is 1. The molecule has 13 heavy (non-hydrogen) atoms. The maximum atomic E-state index is 11.3. The van der Waals surface area contributed by atoms with Crippen LogP contribution >= 0.6 is 11.6 Å². The molecule has 4 heteroatoms. The van der Waals surface area contributed by atoms with Crippen LogP contribution in [0.2, 0.25) is 0 Å². The molecule has 3 nitrogen and oxygen atoms in total. The van der Waals surface area contributed by atoms with E-state index in [4.69, 9.17) is 16.8 Å². The van der Waals surface area contributed by atoms with Crippen LogP contribution in [0.4, 0.5) is 0 Å². The van der Waals surface area contributed by atoms with E-state index < -0.39 is 11.0 Å². The minimum Gasteiger partial charge on any atom is -0.410 e. The molecule has 0 radical (unpaired) electrons. The number of ketones is 1. The lowest BCUT2D eigenvalue weighted by atomic mass is 10.1. The van der Waals surface area contributed by atoms with Crippen LogP contribution in [-0.4, -0.2) is 16.2 Å². The van der Waals surface area contributed by atoms with Crippen molar-refractivity contribution in [1.29, 1.82) is 0 Å². The number of carbonyl (C=O) groups excluding carboxylic acids is 1. The van der Waals surface area contributed by atoms with E-state index in [1.165, 1.54) is 0 Å². The first-order valence-corrected chi connectivity index (χ1v) is 4.02. The molecule has 0 heterocycles. The predicted octanol–water partition coefficient (Wildman–Crippen LogP) is 2.20. The fraction of sp³-hybridized carbons (Fsp3) is 0.111. The zero-order chi connectivity index (χ0) is 9.84. The van der Waals surface area contributed by atoms with Gasteiger partial charge in [0.1, 0.15) is 0 Å². The molecule has 1 aromatic rings. The summed E-state index contributed by atoms with van der Waals surface area (Å²) in [5.74, 6) is -0.482. The minimum absolute atomic E-state index is 0.411. The van der Waals surface area contributed by atoms with Crippen LogP contribution in [-0.2, 0) is 0 Å². The molecule has 0 bridgehead atoms. The highest BCUT2D eigenvalue weighted by Crippen LogP contribution is 2.06. The summed E-state index contributed by atoms with van der Waals surface area (Å²) in [6.45, 7) is 1.91. The van der Waals surface area contributed by atoms with Crippen molar-refractivity contribution in [2.75, 3.05) is 0 Å². The molecule has 68 valence electrons. The van der Waals surface area contributed by atoms with E-state index in [0.29, 0.717) is 5.56 Å². The van der Waals surface area contributed by atoms with Gasteiger partial charge < -0.3 is 5.21 Å². The lowest BCUT2D eigenvalue weighted by Crippen LogP contribution is -2.07. The van der Waals surface area contributed by atoms with Crippen molar-refractivity contribution in [3.63, 3.8) is 0 Å². The topological polar surface area (TPSA) is 49.7 Å². The maximum Gasteiger partial charge on any atom is 0.226 e. The third-order valence-electron chi connectivity index (χ3n) is 1.59. The normalized spacial score (nSPS) is 11.4. The first kappa shape index (κ1) is 9.74. The number of carbonyl (C=O) groups is 1. The second-order valence-electron chi connectivity index (χ2n) is 2.59. The molecule has 0 saturated heterocycles. The standard InChI is InChI=1S/C9H8ClNO2/c1-6-2-4-7(5-3-6)8(12)9(10)11-13/h2-5,13H,1H3/b11-9-. The van der Waals surface area contributed by atoms with Crippen molar-refractivity contribution in [3.8, 4) is 0 Å². The van der Waals surface area contributed by atoms with Crippen molar-refractivity contribution < 1.29 is 10.0 Å². The van der Waals surface area contributed by atoms with Gasteiger partial charge in [-0.15, -0.1) is 0 Å². The Morgan fingerprint density at radius 1 is 1.38 bits per heavy atom. The van der Waals surface area contributed by atoms with E-state index in [2.05, 4.69) is 5.16 Å². The van der Waals surface area contributed by atoms with Gasteiger partial charge in [-0.05, 0) is 6.92 Å². The van der Waals surface area contributed by atoms with E-state index in [-0.39, 0.29) is 0 Å². The molecule has 0 spiro atoms. The van der Waals surface area contributed by atoms with Crippen LogP contribution in [0, 0.1) is 6.92 Å². The van der Waals surface area contributed by atoms with E-state index >= 15 is 0 Å². The van der Waals surface area contributed by atoms with Gasteiger partial charge in [0.05, 0.1) is 0 Å². The van der Waals surface area contributed by atoms with E-state index in [0.717, 1.165) is 5.56 Å². The average Bonchev–Trinajstić information content (AvgIpc) is 2.17. The number of hydrogen-bond acceptors (Lipinski definition) is 3. The fourth-order valence-electron chi connectivity index (χ4n) is 0.869. The monoisotopic (exact) mass is 197 g/mol. The summed E-state index contributed by atoms with van der Waals surface area (Å²) in [5, 5.41) is 10.4. The number of nitrogens with zero attached hydrogens (tertiary/aromatic N) is 1. The van der Waals surface area contributed by atoms with Crippen molar-refractivity contribution >= 4 is 22.6 Å². The summed E-state index contributed by atoms with van der Waals surface area (Å²) in [6, 6.07) is 6.83. The third-order valence-corrected chi connectivity index (χ3v) is 1.84. The van der Waals surface area contributed by atoms with Crippen LogP contribution in [0.3, 0.4) is 0 Å². The van der Waals surface area contributed by atoms with Crippen LogP contribution in [0.5, 0.6) is 0 Å². The van der Waals surface area contributed by atoms with Crippen LogP contribution in [0.15, 0.2) is 29.4 Å². The number of oxime groups is 1. The highest BCUT2D eigenvalue weighted by molar-refractivity contribution is 6.84. The van der Waals surface area contributed by atoms with Gasteiger partial charge in [-0.2, -0.15) is 0 Å². The zero-order valence-electron chi connectivity index (χ0n) is 6.99. The van der Waals surface area contributed by atoms with Crippen molar-refractivity contribution in [2.24, 2.45) is 5.16 Å². The second-order valence-corrected chi connectivity index (χ2v) is 2.94. The van der Waals surface area contributed by atoms with Gasteiger partial charge >= 0.3 is 0 Å². The molecule has 0 aliphatic heterocycles. The Kier molecular flexibility index (Phi) is 3.03. The first-order chi connectivity index (χ1) is 6.15. The molecule has 1 aromatic carbocycles. The maximum absolute atomic E-state index is 11.3. The summed E-state index contributed by atoms with van der Waals surface area (Å²) in [5.41, 5.74) is 1.46. The quantitative estimate of drug-likeness (QED) is 0.342. The first-order valence-electron chi connectivity index (χ1n) is 3.64. The summed E-state index contributed by atoms with van der Waals surface area (Å²) in [4.78, 5) is 11.3. The smallest absolute Gasteiger partial charge is 0.226 e. The van der Waals surface area contributed by atoms with Gasteiger partial charge in [0.2, 0.25) is 11.0 Å². The second kappa shape index (κ2) is 4.05. The Balaban J connectivity index is 2.97. The van der Waals surface area contributed by atoms with E-state index in [1.54, 1.807) is 24.3 Å². The Bertz CT molecular complexity index is 343. The Labute approximate surface area is 80.6 Å². The molecule has 0 fully saturated rings. The van der Waals surface area contributed by atoms with Gasteiger partial charge in [0.15, 0.2) is 0 Å². The molecule has 0 unspecified atom stereocenters. The lowest BCUT2D eigenvalue weighted by Gasteiger charge is -1.97. The largest absolute Gasteiger partial charge is 0.410 e. The highest BCUT2D eigenvalue weighted by atomic mass is 35.5. The zero-order valence-corrected chi connectivity index (χ0v) is 7.75. The summed E-state index contributed by atoms with van der Waals surface area (Å²) in [6.07, 6.45) is 0. The van der Waals surface area contributed by atoms with Crippen LogP contribution < -0.4 is 0 Å². The minimum atomic E-state index is -0.482. The van der Waals surface area contributed by atoms with Crippen molar-refractivity contribution in [1.82, 2.24) is 0 Å². The van der Waals surface area contributed by atoms with Gasteiger partial charge in [-0.3, -0.25) is 4.79 Å². The molecule has 0 amide bonds. The number of benzene rings is 1. The molecule has 1 rings (SSSR count). The Hall–Kier alpha value is -1.35. The number of halogens is 1. The van der Waals surface area contributed by atoms with Crippen LogP contribution in [0.1, 0.15) is 15.9 Å². The molecular formula is C9H8ClNO2. The van der Waals surface area contributed by atoms with Crippen molar-refractivity contribution in [2.45, 2.75) is 6.92 Å². The summed E-state index contributed by atoms with van der Waals surface area (Å²) < 4.78 is 0. The average molecular weight is 198 g/mol. The van der Waals surface area contributed by atoms with Gasteiger partial charge in [0.25, 0.3) is 0 Å². The molecule has 0 aromatic heterocycles. The van der Waals surface area contributed by atoms with Crippen molar-refractivity contribution in [3.05, 3.63) is 35.4 Å². The molecule has 1 N–H and O–H groups in total. The lowest BCUT2D eigenvalue weighted by molar-refractivity contribution is 0.106. The molecular weight excluding hydrogens is 190 g/mol. The number of aryl methyl sites for hydroxylation is 1. The third kappa shape index (κ3) is 2.29. The Morgan fingerprint density at radius 2 is 1.92 bits per heavy atom. The van der Waals surface area contributed by atoms with E-state index in [9.17, 15) is 4.79 Å². The van der Waals surface area contributed by atoms with Crippen LogP contribution in [0.25, 0.3) is 0 Å². The SMILES string of the molecule is Cc1ccc(C(=O)/C(Cl)=N/O)cc1. The molecule has 0 aliphatic rings. The highest BCUT2D eigenvalue weighted by Gasteiger charge is 2.11. The molecule has 0 aliphatic carbocycles. The fourth-order valence-corrected chi connectivity index (χ4v) is 0.979. The van der Waals surface area contributed by atoms with Gasteiger partial charge in [0, 0.05) is 5.56 Å². The molecule has 0 atom stereocenters. The van der Waals surface area contributed by atoms with E-state index in [1.807, 2.05) is 6.92 Å². The predicted molar refractivity (Wildman–Crippen MR) is 50.6 cm³/mol. The number of rotatable bonds is 2. The number of Topliss-reactive ketones (excluding diaryl/α,β-unsaturated/α-hetero) is 1.